The van der Waals surface area contributed by atoms with Gasteiger partial charge in [0.25, 0.3) is 0 Å². The first kappa shape index (κ1) is 28.3. The number of hydrogen-bond donors (Lipinski definition) is 0. The highest BCUT2D eigenvalue weighted by Crippen LogP contribution is 2.38. The SMILES string of the molecule is C1=C(n2c3ccccc3c3ccc(-c4ccc5c(c4)c4cccnc4n5-c4ccccc4)cc32)/N=C(/c2ccccc2)c2ccccc2/C=C/1. The Labute approximate surface area is 289 Å². The Hall–Kier alpha value is -6.78. The van der Waals surface area contributed by atoms with Crippen LogP contribution in [0.3, 0.4) is 0 Å². The summed E-state index contributed by atoms with van der Waals surface area (Å²) in [5.74, 6) is 0.866. The molecule has 10 rings (SSSR count). The number of aliphatic imine (C=N–C) groups is 1. The van der Waals surface area contributed by atoms with Crippen molar-refractivity contribution in [1.82, 2.24) is 14.1 Å². The first-order valence-electron chi connectivity index (χ1n) is 16.9. The van der Waals surface area contributed by atoms with Crippen LogP contribution in [0, 0.1) is 0 Å². The van der Waals surface area contributed by atoms with Crippen LogP contribution in [-0.4, -0.2) is 19.8 Å². The van der Waals surface area contributed by atoms with Gasteiger partial charge in [0.15, 0.2) is 0 Å². The van der Waals surface area contributed by atoms with Crippen LogP contribution in [0.15, 0.2) is 181 Å². The summed E-state index contributed by atoms with van der Waals surface area (Å²) in [4.78, 5) is 10.3. The summed E-state index contributed by atoms with van der Waals surface area (Å²) >= 11 is 0. The van der Waals surface area contributed by atoms with Crippen molar-refractivity contribution in [3.8, 4) is 16.8 Å². The van der Waals surface area contributed by atoms with Gasteiger partial charge in [-0.1, -0.05) is 121 Å². The quantitative estimate of drug-likeness (QED) is 0.189. The van der Waals surface area contributed by atoms with Crippen LogP contribution in [0.25, 0.3) is 72.5 Å². The lowest BCUT2D eigenvalue weighted by Gasteiger charge is -2.16. The fourth-order valence-corrected chi connectivity index (χ4v) is 7.51. The summed E-state index contributed by atoms with van der Waals surface area (Å²) in [6.07, 6.45) is 8.31. The Morgan fingerprint density at radius 3 is 2.06 bits per heavy atom. The monoisotopic (exact) mass is 638 g/mol. The Morgan fingerprint density at radius 1 is 0.460 bits per heavy atom. The number of rotatable bonds is 4. The van der Waals surface area contributed by atoms with E-state index in [0.717, 1.165) is 72.6 Å². The highest BCUT2D eigenvalue weighted by Gasteiger charge is 2.19. The molecular formula is C46H30N4. The number of pyridine rings is 1. The number of benzene rings is 6. The highest BCUT2D eigenvalue weighted by atomic mass is 15.1. The third-order valence-electron chi connectivity index (χ3n) is 9.79. The fourth-order valence-electron chi connectivity index (χ4n) is 7.51. The summed E-state index contributed by atoms with van der Waals surface area (Å²) in [5, 5.41) is 4.71. The molecule has 4 heterocycles. The van der Waals surface area contributed by atoms with Crippen LogP contribution in [0.5, 0.6) is 0 Å². The van der Waals surface area contributed by atoms with E-state index in [9.17, 15) is 0 Å². The summed E-state index contributed by atoms with van der Waals surface area (Å²) in [5.41, 5.74) is 12.0. The van der Waals surface area contributed by atoms with Crippen LogP contribution in [0.2, 0.25) is 0 Å². The van der Waals surface area contributed by atoms with Gasteiger partial charge in [0.1, 0.15) is 11.5 Å². The van der Waals surface area contributed by atoms with Gasteiger partial charge in [0.05, 0.1) is 22.3 Å². The Bertz CT molecular complexity index is 2850. The van der Waals surface area contributed by atoms with E-state index in [2.05, 4.69) is 173 Å². The van der Waals surface area contributed by atoms with Gasteiger partial charge in [0, 0.05) is 44.6 Å². The minimum Gasteiger partial charge on any atom is -0.294 e. The lowest BCUT2D eigenvalue weighted by atomic mass is 9.96. The van der Waals surface area contributed by atoms with Crippen molar-refractivity contribution in [3.63, 3.8) is 0 Å². The zero-order valence-corrected chi connectivity index (χ0v) is 27.1. The zero-order valence-electron chi connectivity index (χ0n) is 27.1. The van der Waals surface area contributed by atoms with Crippen molar-refractivity contribution in [2.45, 2.75) is 0 Å². The Balaban J connectivity index is 1.19. The van der Waals surface area contributed by atoms with Gasteiger partial charge in [-0.25, -0.2) is 9.98 Å². The van der Waals surface area contributed by atoms with E-state index >= 15 is 0 Å². The molecule has 1 aliphatic heterocycles. The molecule has 0 amide bonds. The average molecular weight is 639 g/mol. The molecule has 0 N–H and O–H groups in total. The van der Waals surface area contributed by atoms with Gasteiger partial charge in [0.2, 0.25) is 0 Å². The molecule has 234 valence electrons. The Kier molecular flexibility index (Phi) is 6.46. The molecule has 9 aromatic rings. The predicted molar refractivity (Wildman–Crippen MR) is 209 cm³/mol. The van der Waals surface area contributed by atoms with E-state index in [1.165, 1.54) is 16.2 Å². The molecule has 4 nitrogen and oxygen atoms in total. The molecule has 0 radical (unpaired) electrons. The minimum atomic E-state index is 0.866. The van der Waals surface area contributed by atoms with Crippen LogP contribution < -0.4 is 0 Å². The van der Waals surface area contributed by atoms with Crippen LogP contribution in [-0.2, 0) is 0 Å². The van der Waals surface area contributed by atoms with E-state index in [0.29, 0.717) is 0 Å². The van der Waals surface area contributed by atoms with Crippen molar-refractivity contribution >= 4 is 61.4 Å². The van der Waals surface area contributed by atoms with Gasteiger partial charge in [-0.15, -0.1) is 0 Å². The fraction of sp³-hybridized carbons (Fsp3) is 0. The largest absolute Gasteiger partial charge is 0.294 e. The number of nitrogens with zero attached hydrogens (tertiary/aromatic N) is 4. The molecule has 0 atom stereocenters. The standard InChI is InChI=1S/C46H30N4/c1-3-14-32(15-4-1)45-36-19-8-7-13-31(36)16-11-23-44(48-45)50-41-22-10-9-20-37(41)38-26-24-34(30-43(38)50)33-25-27-42-40(29-33)39-21-12-28-47-46(39)49(42)35-17-5-2-6-18-35/h1-30H/b16-11+,23-11?,31-16?,44-23-,45-36?,48-44?,48-45-. The molecule has 0 saturated heterocycles. The lowest BCUT2D eigenvalue weighted by molar-refractivity contribution is 1.14. The predicted octanol–water partition coefficient (Wildman–Crippen LogP) is 11.3. The molecule has 0 aliphatic carbocycles. The average Bonchev–Trinajstić information content (AvgIpc) is 3.68. The Morgan fingerprint density at radius 2 is 1.16 bits per heavy atom. The molecule has 6 aromatic carbocycles. The molecule has 0 spiro atoms. The first-order valence-corrected chi connectivity index (χ1v) is 16.9. The van der Waals surface area contributed by atoms with Crippen LogP contribution in [0.4, 0.5) is 0 Å². The van der Waals surface area contributed by atoms with E-state index in [1.54, 1.807) is 0 Å². The maximum atomic E-state index is 5.48. The van der Waals surface area contributed by atoms with Crippen LogP contribution in [0.1, 0.15) is 16.7 Å². The second-order valence-corrected chi connectivity index (χ2v) is 12.7. The molecular weight excluding hydrogens is 609 g/mol. The van der Waals surface area contributed by atoms with Crippen molar-refractivity contribution in [2.75, 3.05) is 0 Å². The molecule has 4 heteroatoms. The van der Waals surface area contributed by atoms with Crippen molar-refractivity contribution in [2.24, 2.45) is 4.99 Å². The molecule has 0 saturated carbocycles. The van der Waals surface area contributed by atoms with E-state index in [-0.39, 0.29) is 0 Å². The molecule has 50 heavy (non-hydrogen) atoms. The molecule has 0 fully saturated rings. The maximum absolute atomic E-state index is 5.48. The second-order valence-electron chi connectivity index (χ2n) is 12.7. The van der Waals surface area contributed by atoms with Gasteiger partial charge in [-0.3, -0.25) is 9.13 Å². The van der Waals surface area contributed by atoms with Gasteiger partial charge in [-0.05, 0) is 71.3 Å². The number of fused-ring (bicyclic) bond motifs is 7. The van der Waals surface area contributed by atoms with E-state index in [4.69, 9.17) is 9.98 Å². The number of hydrogen-bond acceptors (Lipinski definition) is 2. The molecule has 0 bridgehead atoms. The maximum Gasteiger partial charge on any atom is 0.145 e. The third-order valence-corrected chi connectivity index (χ3v) is 9.79. The normalized spacial score (nSPS) is 15.7. The van der Waals surface area contributed by atoms with Crippen molar-refractivity contribution in [3.05, 3.63) is 193 Å². The smallest absolute Gasteiger partial charge is 0.145 e. The third kappa shape index (κ3) is 4.46. The van der Waals surface area contributed by atoms with Crippen LogP contribution >= 0.6 is 0 Å². The van der Waals surface area contributed by atoms with Crippen molar-refractivity contribution in [1.29, 1.82) is 0 Å². The number of allylic oxidation sites excluding steroid dienone is 2. The second kappa shape index (κ2) is 11.4. The molecule has 1 aliphatic rings. The van der Waals surface area contributed by atoms with Gasteiger partial charge in [-0.2, -0.15) is 0 Å². The first-order chi connectivity index (χ1) is 24.8. The summed E-state index contributed by atoms with van der Waals surface area (Å²) in [7, 11) is 0. The van der Waals surface area contributed by atoms with Gasteiger partial charge < -0.3 is 0 Å². The highest BCUT2D eigenvalue weighted by molar-refractivity contribution is 6.18. The zero-order chi connectivity index (χ0) is 33.0. The molecule has 0 unspecified atom stereocenters. The van der Waals surface area contributed by atoms with Crippen molar-refractivity contribution < 1.29 is 0 Å². The summed E-state index contributed by atoms with van der Waals surface area (Å²) < 4.78 is 4.57. The lowest BCUT2D eigenvalue weighted by Crippen LogP contribution is -2.08. The topological polar surface area (TPSA) is 35.1 Å². The molecule has 3 aromatic heterocycles. The minimum absolute atomic E-state index is 0.866. The number of para-hydroxylation sites is 2. The van der Waals surface area contributed by atoms with Gasteiger partial charge >= 0.3 is 0 Å². The van der Waals surface area contributed by atoms with E-state index < -0.39 is 0 Å². The number of aromatic nitrogens is 3. The summed E-state index contributed by atoms with van der Waals surface area (Å²) in [6.45, 7) is 0. The van der Waals surface area contributed by atoms with E-state index in [1.807, 2.05) is 18.3 Å². The summed E-state index contributed by atoms with van der Waals surface area (Å²) in [6, 6.07) is 55.9.